The summed E-state index contributed by atoms with van der Waals surface area (Å²) in [6.45, 7) is 4.40. The Morgan fingerprint density at radius 1 is 0.920 bits per heavy atom. The molecule has 2 aliphatic rings. The molecule has 1 saturated heterocycles. The van der Waals surface area contributed by atoms with Crippen molar-refractivity contribution < 1.29 is 9.53 Å². The number of carbonyl (C=O) groups excluding carboxylic acids is 1. The van der Waals surface area contributed by atoms with E-state index in [0.717, 1.165) is 57.1 Å². The molecule has 1 amide bonds. The maximum absolute atomic E-state index is 12.2. The van der Waals surface area contributed by atoms with Crippen molar-refractivity contribution in [1.29, 1.82) is 0 Å². The summed E-state index contributed by atoms with van der Waals surface area (Å²) in [5.41, 5.74) is 1.19. The maximum atomic E-state index is 12.2. The van der Waals surface area contributed by atoms with Crippen molar-refractivity contribution in [2.45, 2.75) is 19.4 Å². The van der Waals surface area contributed by atoms with Crippen LogP contribution in [0, 0.1) is 5.92 Å². The molecule has 2 aromatic carbocycles. The quantitative estimate of drug-likeness (QED) is 0.837. The lowest BCUT2D eigenvalue weighted by Gasteiger charge is -2.35. The van der Waals surface area contributed by atoms with Gasteiger partial charge in [0.1, 0.15) is 11.5 Å². The highest BCUT2D eigenvalue weighted by Crippen LogP contribution is 2.31. The molecule has 4 rings (SSSR count). The fraction of sp³-hybridized carbons (Fsp3) is 0.381. The van der Waals surface area contributed by atoms with Crippen molar-refractivity contribution in [2.75, 3.05) is 26.2 Å². The maximum Gasteiger partial charge on any atom is 0.225 e. The number of amides is 1. The van der Waals surface area contributed by atoms with E-state index in [9.17, 15) is 4.79 Å². The minimum atomic E-state index is 0.326. The molecule has 0 aromatic heterocycles. The third-order valence-corrected chi connectivity index (χ3v) is 4.95. The van der Waals surface area contributed by atoms with E-state index < -0.39 is 0 Å². The molecule has 1 heterocycles. The predicted octanol–water partition coefficient (Wildman–Crippen LogP) is 3.53. The normalized spacial score (nSPS) is 18.2. The van der Waals surface area contributed by atoms with Gasteiger partial charge in [0.05, 0.1) is 0 Å². The second-order valence-corrected chi connectivity index (χ2v) is 6.90. The van der Waals surface area contributed by atoms with Gasteiger partial charge in [-0.2, -0.15) is 0 Å². The Morgan fingerprint density at radius 3 is 2.32 bits per heavy atom. The Labute approximate surface area is 149 Å². The van der Waals surface area contributed by atoms with Crippen LogP contribution in [0.15, 0.2) is 54.6 Å². The molecule has 1 aliphatic carbocycles. The standard InChI is InChI=1S/C21H24N2O2/c24-21(17-10-11-17)23-14-12-22(13-15-23)16-18-6-4-5-9-20(18)25-19-7-2-1-3-8-19/h1-9,17H,10-16H2. The SMILES string of the molecule is O=C(C1CC1)N1CCN(Cc2ccccc2Oc2ccccc2)CC1. The monoisotopic (exact) mass is 336 g/mol. The molecule has 0 N–H and O–H groups in total. The molecule has 2 fully saturated rings. The average molecular weight is 336 g/mol. The lowest BCUT2D eigenvalue weighted by molar-refractivity contribution is -0.134. The summed E-state index contributed by atoms with van der Waals surface area (Å²) in [5.74, 6) is 2.46. The molecule has 25 heavy (non-hydrogen) atoms. The number of para-hydroxylation sites is 2. The van der Waals surface area contributed by atoms with Crippen molar-refractivity contribution >= 4 is 5.91 Å². The topological polar surface area (TPSA) is 32.8 Å². The third kappa shape index (κ3) is 4.02. The first-order chi connectivity index (χ1) is 12.3. The van der Waals surface area contributed by atoms with Crippen molar-refractivity contribution in [2.24, 2.45) is 5.92 Å². The Hall–Kier alpha value is -2.33. The number of hydrogen-bond donors (Lipinski definition) is 0. The predicted molar refractivity (Wildman–Crippen MR) is 97.5 cm³/mol. The number of ether oxygens (including phenoxy) is 1. The smallest absolute Gasteiger partial charge is 0.225 e. The highest BCUT2D eigenvalue weighted by molar-refractivity contribution is 5.81. The lowest BCUT2D eigenvalue weighted by atomic mass is 10.1. The summed E-state index contributed by atoms with van der Waals surface area (Å²) in [6, 6.07) is 18.1. The van der Waals surface area contributed by atoms with Gasteiger partial charge >= 0.3 is 0 Å². The molecule has 2 aromatic rings. The van der Waals surface area contributed by atoms with Crippen LogP contribution in [0.4, 0.5) is 0 Å². The first kappa shape index (κ1) is 16.2. The molecule has 0 spiro atoms. The van der Waals surface area contributed by atoms with Crippen LogP contribution >= 0.6 is 0 Å². The van der Waals surface area contributed by atoms with E-state index in [1.165, 1.54) is 5.56 Å². The number of rotatable bonds is 5. The first-order valence-electron chi connectivity index (χ1n) is 9.11. The molecule has 0 bridgehead atoms. The summed E-state index contributed by atoms with van der Waals surface area (Å²) in [7, 11) is 0. The summed E-state index contributed by atoms with van der Waals surface area (Å²) in [5, 5.41) is 0. The van der Waals surface area contributed by atoms with Crippen LogP contribution in [-0.2, 0) is 11.3 Å². The average Bonchev–Trinajstić information content (AvgIpc) is 3.50. The highest BCUT2D eigenvalue weighted by atomic mass is 16.5. The van der Waals surface area contributed by atoms with Crippen LogP contribution in [0.3, 0.4) is 0 Å². The van der Waals surface area contributed by atoms with Crippen molar-refractivity contribution in [3.63, 3.8) is 0 Å². The Kier molecular flexibility index (Phi) is 4.70. The third-order valence-electron chi connectivity index (χ3n) is 4.95. The fourth-order valence-electron chi connectivity index (χ4n) is 3.31. The number of benzene rings is 2. The lowest BCUT2D eigenvalue weighted by Crippen LogP contribution is -2.48. The molecular weight excluding hydrogens is 312 g/mol. The van der Waals surface area contributed by atoms with Gasteiger partial charge in [0.2, 0.25) is 5.91 Å². The molecular formula is C21H24N2O2. The van der Waals surface area contributed by atoms with E-state index >= 15 is 0 Å². The van der Waals surface area contributed by atoms with Gasteiger partial charge in [0.25, 0.3) is 0 Å². The van der Waals surface area contributed by atoms with Crippen LogP contribution in [0.5, 0.6) is 11.5 Å². The van der Waals surface area contributed by atoms with Crippen LogP contribution in [0.1, 0.15) is 18.4 Å². The Bertz CT molecular complexity index is 720. The highest BCUT2D eigenvalue weighted by Gasteiger charge is 2.34. The van der Waals surface area contributed by atoms with Crippen molar-refractivity contribution in [1.82, 2.24) is 9.80 Å². The number of hydrogen-bond acceptors (Lipinski definition) is 3. The van der Waals surface area contributed by atoms with Crippen LogP contribution in [0.25, 0.3) is 0 Å². The molecule has 0 radical (unpaired) electrons. The molecule has 1 saturated carbocycles. The van der Waals surface area contributed by atoms with Crippen molar-refractivity contribution in [3.8, 4) is 11.5 Å². The summed E-state index contributed by atoms with van der Waals surface area (Å²) in [6.07, 6.45) is 2.17. The molecule has 0 atom stereocenters. The molecule has 0 unspecified atom stereocenters. The van der Waals surface area contributed by atoms with Gasteiger partial charge in [-0.1, -0.05) is 36.4 Å². The fourth-order valence-corrected chi connectivity index (χ4v) is 3.31. The number of nitrogens with zero attached hydrogens (tertiary/aromatic N) is 2. The number of piperazine rings is 1. The number of carbonyl (C=O) groups is 1. The first-order valence-corrected chi connectivity index (χ1v) is 9.11. The van der Waals surface area contributed by atoms with E-state index in [-0.39, 0.29) is 0 Å². The van der Waals surface area contributed by atoms with Gasteiger partial charge in [-0.3, -0.25) is 9.69 Å². The molecule has 4 nitrogen and oxygen atoms in total. The summed E-state index contributed by atoms with van der Waals surface area (Å²) in [4.78, 5) is 16.6. The van der Waals surface area contributed by atoms with Gasteiger partial charge < -0.3 is 9.64 Å². The molecule has 1 aliphatic heterocycles. The Balaban J connectivity index is 1.37. The van der Waals surface area contributed by atoms with E-state index in [4.69, 9.17) is 4.74 Å². The van der Waals surface area contributed by atoms with Gasteiger partial charge in [0.15, 0.2) is 0 Å². The van der Waals surface area contributed by atoms with Gasteiger partial charge in [-0.15, -0.1) is 0 Å². The van der Waals surface area contributed by atoms with E-state index in [1.54, 1.807) is 0 Å². The van der Waals surface area contributed by atoms with E-state index in [2.05, 4.69) is 17.0 Å². The van der Waals surface area contributed by atoms with Gasteiger partial charge in [0, 0.05) is 44.2 Å². The van der Waals surface area contributed by atoms with Gasteiger partial charge in [-0.25, -0.2) is 0 Å². The zero-order valence-electron chi connectivity index (χ0n) is 14.4. The van der Waals surface area contributed by atoms with E-state index in [1.807, 2.05) is 47.4 Å². The summed E-state index contributed by atoms with van der Waals surface area (Å²) >= 11 is 0. The van der Waals surface area contributed by atoms with Crippen molar-refractivity contribution in [3.05, 3.63) is 60.2 Å². The molecule has 4 heteroatoms. The van der Waals surface area contributed by atoms with Gasteiger partial charge in [-0.05, 0) is 31.0 Å². The van der Waals surface area contributed by atoms with Crippen LogP contribution in [0.2, 0.25) is 0 Å². The zero-order valence-corrected chi connectivity index (χ0v) is 14.4. The minimum Gasteiger partial charge on any atom is -0.457 e. The zero-order chi connectivity index (χ0) is 17.1. The largest absolute Gasteiger partial charge is 0.457 e. The molecule has 130 valence electrons. The van der Waals surface area contributed by atoms with E-state index in [0.29, 0.717) is 11.8 Å². The summed E-state index contributed by atoms with van der Waals surface area (Å²) < 4.78 is 6.06. The van der Waals surface area contributed by atoms with Crippen LogP contribution < -0.4 is 4.74 Å². The second kappa shape index (κ2) is 7.28. The minimum absolute atomic E-state index is 0.326. The van der Waals surface area contributed by atoms with Crippen LogP contribution in [-0.4, -0.2) is 41.9 Å². The second-order valence-electron chi connectivity index (χ2n) is 6.90. The Morgan fingerprint density at radius 2 is 1.60 bits per heavy atom.